The highest BCUT2D eigenvalue weighted by molar-refractivity contribution is 4.82. The fourth-order valence-electron chi connectivity index (χ4n) is 2.78. The average molecular weight is 212 g/mol. The Morgan fingerprint density at radius 1 is 1.33 bits per heavy atom. The van der Waals surface area contributed by atoms with Gasteiger partial charge in [0.2, 0.25) is 0 Å². The van der Waals surface area contributed by atoms with Crippen LogP contribution in [0.2, 0.25) is 0 Å². The van der Waals surface area contributed by atoms with E-state index in [0.29, 0.717) is 24.1 Å². The quantitative estimate of drug-likeness (QED) is 0.740. The van der Waals surface area contributed by atoms with Crippen molar-refractivity contribution in [3.8, 4) is 0 Å². The number of rotatable bonds is 3. The maximum absolute atomic E-state index is 5.97. The van der Waals surface area contributed by atoms with Gasteiger partial charge in [-0.25, -0.2) is 0 Å². The predicted octanol–water partition coefficient (Wildman–Crippen LogP) is 1.27. The van der Waals surface area contributed by atoms with Gasteiger partial charge in [-0.15, -0.1) is 0 Å². The lowest BCUT2D eigenvalue weighted by atomic mass is 9.91. The molecule has 0 amide bonds. The molecule has 0 aromatic heterocycles. The van der Waals surface area contributed by atoms with Crippen molar-refractivity contribution >= 4 is 0 Å². The molecule has 0 spiro atoms. The van der Waals surface area contributed by atoms with E-state index in [0.717, 1.165) is 19.6 Å². The number of nitrogens with two attached hydrogens (primary N) is 1. The summed E-state index contributed by atoms with van der Waals surface area (Å²) in [6.45, 7) is 4.24. The van der Waals surface area contributed by atoms with Gasteiger partial charge in [-0.1, -0.05) is 6.42 Å². The molecule has 2 fully saturated rings. The molecule has 88 valence electrons. The second kappa shape index (κ2) is 5.28. The molecule has 3 heteroatoms. The van der Waals surface area contributed by atoms with E-state index < -0.39 is 0 Å². The fraction of sp³-hybridized carbons (Fsp3) is 1.00. The van der Waals surface area contributed by atoms with Crippen LogP contribution >= 0.6 is 0 Å². The van der Waals surface area contributed by atoms with Crippen molar-refractivity contribution in [2.24, 2.45) is 11.7 Å². The smallest absolute Gasteiger partial charge is 0.0588 e. The predicted molar refractivity (Wildman–Crippen MR) is 61.8 cm³/mol. The number of hydrogen-bond acceptors (Lipinski definition) is 3. The van der Waals surface area contributed by atoms with Crippen LogP contribution in [-0.4, -0.2) is 31.3 Å². The minimum Gasteiger partial charge on any atom is -0.378 e. The molecule has 0 radical (unpaired) electrons. The van der Waals surface area contributed by atoms with Crippen LogP contribution in [0.3, 0.4) is 0 Å². The molecule has 1 saturated heterocycles. The Morgan fingerprint density at radius 2 is 2.20 bits per heavy atom. The number of nitrogens with one attached hydrogen (secondary N) is 1. The van der Waals surface area contributed by atoms with Gasteiger partial charge in [-0.2, -0.15) is 0 Å². The van der Waals surface area contributed by atoms with Gasteiger partial charge >= 0.3 is 0 Å². The molecule has 2 aliphatic rings. The van der Waals surface area contributed by atoms with Gasteiger partial charge in [0.15, 0.2) is 0 Å². The Bertz CT molecular complexity index is 198. The zero-order valence-corrected chi connectivity index (χ0v) is 9.74. The van der Waals surface area contributed by atoms with Crippen molar-refractivity contribution in [2.75, 3.05) is 13.2 Å². The highest BCUT2D eigenvalue weighted by Crippen LogP contribution is 2.21. The molecule has 0 aromatic rings. The Labute approximate surface area is 92.7 Å². The summed E-state index contributed by atoms with van der Waals surface area (Å²) in [6, 6.07) is 1.08. The third kappa shape index (κ3) is 3.16. The molecule has 15 heavy (non-hydrogen) atoms. The molecule has 1 saturated carbocycles. The van der Waals surface area contributed by atoms with Crippen molar-refractivity contribution < 1.29 is 4.74 Å². The fourth-order valence-corrected chi connectivity index (χ4v) is 2.78. The summed E-state index contributed by atoms with van der Waals surface area (Å²) in [5.74, 6) is 0.711. The SMILES string of the molecule is CC1OCCC1CNC1CCCC(N)C1. The first-order valence-corrected chi connectivity index (χ1v) is 6.36. The monoisotopic (exact) mass is 212 g/mol. The minimum atomic E-state index is 0.425. The van der Waals surface area contributed by atoms with E-state index in [2.05, 4.69) is 12.2 Å². The Balaban J connectivity index is 1.68. The summed E-state index contributed by atoms with van der Waals surface area (Å²) in [6.07, 6.45) is 6.61. The van der Waals surface area contributed by atoms with Crippen LogP contribution < -0.4 is 11.1 Å². The van der Waals surface area contributed by atoms with Crippen LogP contribution in [-0.2, 0) is 4.74 Å². The Kier molecular flexibility index (Phi) is 4.00. The number of hydrogen-bond donors (Lipinski definition) is 2. The molecular formula is C12H24N2O. The second-order valence-electron chi connectivity index (χ2n) is 5.16. The van der Waals surface area contributed by atoms with Crippen LogP contribution in [0.15, 0.2) is 0 Å². The van der Waals surface area contributed by atoms with Gasteiger partial charge < -0.3 is 15.8 Å². The van der Waals surface area contributed by atoms with Crippen LogP contribution in [0.5, 0.6) is 0 Å². The summed E-state index contributed by atoms with van der Waals surface area (Å²) in [5, 5.41) is 3.66. The van der Waals surface area contributed by atoms with Gasteiger partial charge in [0, 0.05) is 25.2 Å². The summed E-state index contributed by atoms with van der Waals surface area (Å²) >= 11 is 0. The van der Waals surface area contributed by atoms with Gasteiger partial charge in [0.05, 0.1) is 6.10 Å². The van der Waals surface area contributed by atoms with E-state index in [1.54, 1.807) is 0 Å². The Hall–Kier alpha value is -0.120. The van der Waals surface area contributed by atoms with E-state index >= 15 is 0 Å². The summed E-state index contributed by atoms with van der Waals surface area (Å²) < 4.78 is 5.56. The molecule has 1 aliphatic carbocycles. The zero-order valence-electron chi connectivity index (χ0n) is 9.74. The number of ether oxygens (including phenoxy) is 1. The average Bonchev–Trinajstić information content (AvgIpc) is 2.61. The third-order valence-corrected chi connectivity index (χ3v) is 3.92. The first kappa shape index (κ1) is 11.4. The molecule has 1 aliphatic heterocycles. The largest absolute Gasteiger partial charge is 0.378 e. The maximum atomic E-state index is 5.97. The normalized spacial score (nSPS) is 42.0. The highest BCUT2D eigenvalue weighted by Gasteiger charge is 2.25. The molecule has 1 heterocycles. The molecule has 3 N–H and O–H groups in total. The van der Waals surface area contributed by atoms with Crippen LogP contribution in [0.4, 0.5) is 0 Å². The maximum Gasteiger partial charge on any atom is 0.0588 e. The lowest BCUT2D eigenvalue weighted by Crippen LogP contribution is -2.42. The topological polar surface area (TPSA) is 47.3 Å². The third-order valence-electron chi connectivity index (χ3n) is 3.92. The van der Waals surface area contributed by atoms with E-state index in [9.17, 15) is 0 Å². The Morgan fingerprint density at radius 3 is 2.87 bits per heavy atom. The summed E-state index contributed by atoms with van der Waals surface area (Å²) in [5.41, 5.74) is 5.97. The first-order valence-electron chi connectivity index (χ1n) is 6.36. The summed E-state index contributed by atoms with van der Waals surface area (Å²) in [4.78, 5) is 0. The van der Waals surface area contributed by atoms with E-state index in [4.69, 9.17) is 10.5 Å². The van der Waals surface area contributed by atoms with E-state index in [-0.39, 0.29) is 0 Å². The van der Waals surface area contributed by atoms with E-state index in [1.165, 1.54) is 25.7 Å². The molecular weight excluding hydrogens is 188 g/mol. The minimum absolute atomic E-state index is 0.425. The molecule has 0 bridgehead atoms. The van der Waals surface area contributed by atoms with E-state index in [1.807, 2.05) is 0 Å². The van der Waals surface area contributed by atoms with Gasteiger partial charge in [0.25, 0.3) is 0 Å². The molecule has 2 rings (SSSR count). The van der Waals surface area contributed by atoms with Crippen molar-refractivity contribution in [3.63, 3.8) is 0 Å². The van der Waals surface area contributed by atoms with Gasteiger partial charge in [-0.3, -0.25) is 0 Å². The lowest BCUT2D eigenvalue weighted by Gasteiger charge is -2.29. The summed E-state index contributed by atoms with van der Waals surface area (Å²) in [7, 11) is 0. The highest BCUT2D eigenvalue weighted by atomic mass is 16.5. The van der Waals surface area contributed by atoms with Crippen molar-refractivity contribution in [1.29, 1.82) is 0 Å². The molecule has 0 aromatic carbocycles. The van der Waals surface area contributed by atoms with Crippen molar-refractivity contribution in [1.82, 2.24) is 5.32 Å². The van der Waals surface area contributed by atoms with Gasteiger partial charge in [0.1, 0.15) is 0 Å². The standard InChI is InChI=1S/C12H24N2O/c1-9-10(5-6-15-9)8-14-12-4-2-3-11(13)7-12/h9-12,14H,2-8,13H2,1H3. The first-order chi connectivity index (χ1) is 7.25. The molecule has 4 unspecified atom stereocenters. The van der Waals surface area contributed by atoms with Crippen LogP contribution in [0.25, 0.3) is 0 Å². The van der Waals surface area contributed by atoms with Crippen molar-refractivity contribution in [2.45, 2.75) is 57.2 Å². The van der Waals surface area contributed by atoms with Crippen molar-refractivity contribution in [3.05, 3.63) is 0 Å². The van der Waals surface area contributed by atoms with Gasteiger partial charge in [-0.05, 0) is 38.5 Å². The van der Waals surface area contributed by atoms with Crippen LogP contribution in [0.1, 0.15) is 39.0 Å². The molecule has 4 atom stereocenters. The second-order valence-corrected chi connectivity index (χ2v) is 5.16. The zero-order chi connectivity index (χ0) is 10.7. The van der Waals surface area contributed by atoms with Crippen LogP contribution in [0, 0.1) is 5.92 Å². The lowest BCUT2D eigenvalue weighted by molar-refractivity contribution is 0.104. The molecule has 3 nitrogen and oxygen atoms in total.